The van der Waals surface area contributed by atoms with Crippen molar-refractivity contribution in [2.45, 2.75) is 44.6 Å². The lowest BCUT2D eigenvalue weighted by molar-refractivity contribution is -0.143. The molecule has 156 valence electrons. The summed E-state index contributed by atoms with van der Waals surface area (Å²) in [7, 11) is 0. The van der Waals surface area contributed by atoms with E-state index in [0.29, 0.717) is 26.2 Å². The van der Waals surface area contributed by atoms with E-state index in [0.717, 1.165) is 51.5 Å². The van der Waals surface area contributed by atoms with Crippen LogP contribution in [-0.2, 0) is 9.47 Å². The van der Waals surface area contributed by atoms with Gasteiger partial charge in [-0.15, -0.1) is 0 Å². The van der Waals surface area contributed by atoms with Gasteiger partial charge in [0.1, 0.15) is 6.10 Å². The summed E-state index contributed by atoms with van der Waals surface area (Å²) in [4.78, 5) is 8.42. The van der Waals surface area contributed by atoms with Gasteiger partial charge in [-0.3, -0.25) is 9.89 Å². The van der Waals surface area contributed by atoms with Crippen LogP contribution in [0.25, 0.3) is 0 Å². The normalized spacial score (nSPS) is 30.9. The van der Waals surface area contributed by atoms with Crippen molar-refractivity contribution in [3.05, 3.63) is 0 Å². The van der Waals surface area contributed by atoms with E-state index in [2.05, 4.69) is 10.2 Å². The number of alkyl halides is 3. The lowest BCUT2D eigenvalue weighted by Gasteiger charge is -2.37. The van der Waals surface area contributed by atoms with E-state index in [-0.39, 0.29) is 18.1 Å². The number of halogens is 3. The zero-order valence-electron chi connectivity index (χ0n) is 16.0. The van der Waals surface area contributed by atoms with Gasteiger partial charge in [-0.2, -0.15) is 13.2 Å². The Hall–Kier alpha value is -1.06. The van der Waals surface area contributed by atoms with Gasteiger partial charge in [-0.25, -0.2) is 0 Å². The van der Waals surface area contributed by atoms with Crippen molar-refractivity contribution >= 4 is 5.96 Å². The highest BCUT2D eigenvalue weighted by atomic mass is 19.4. The Morgan fingerprint density at radius 1 is 1.11 bits per heavy atom. The van der Waals surface area contributed by atoms with Crippen LogP contribution in [0.1, 0.15) is 26.2 Å². The van der Waals surface area contributed by atoms with Gasteiger partial charge in [0.05, 0.1) is 19.3 Å². The smallest absolute Gasteiger partial charge is 0.375 e. The number of nitrogens with zero attached hydrogens (tertiary/aromatic N) is 3. The molecule has 3 atom stereocenters. The molecule has 6 nitrogen and oxygen atoms in total. The molecular weight excluding hydrogens is 361 g/mol. The molecule has 0 amide bonds. The number of rotatable bonds is 5. The van der Waals surface area contributed by atoms with Crippen LogP contribution in [0.5, 0.6) is 0 Å². The summed E-state index contributed by atoms with van der Waals surface area (Å²) in [6.07, 6.45) is -1.04. The zero-order valence-corrected chi connectivity index (χ0v) is 16.0. The summed E-state index contributed by atoms with van der Waals surface area (Å²) < 4.78 is 49.3. The second kappa shape index (κ2) is 9.43. The second-order valence-corrected chi connectivity index (χ2v) is 7.61. The van der Waals surface area contributed by atoms with E-state index in [9.17, 15) is 13.2 Å². The molecule has 1 N–H and O–H groups in total. The molecule has 3 aliphatic rings. The summed E-state index contributed by atoms with van der Waals surface area (Å²) in [5.41, 5.74) is 0. The van der Waals surface area contributed by atoms with Crippen LogP contribution in [0.15, 0.2) is 4.99 Å². The first-order valence-corrected chi connectivity index (χ1v) is 10.00. The quantitative estimate of drug-likeness (QED) is 0.570. The predicted molar refractivity (Wildman–Crippen MR) is 96.9 cm³/mol. The molecule has 3 heterocycles. The third-order valence-corrected chi connectivity index (χ3v) is 5.38. The molecule has 0 aromatic heterocycles. The molecule has 0 bridgehead atoms. The van der Waals surface area contributed by atoms with E-state index in [4.69, 9.17) is 14.5 Å². The molecular formula is C18H31F3N4O2. The average molecular weight is 392 g/mol. The van der Waals surface area contributed by atoms with Gasteiger partial charge in [-0.1, -0.05) is 0 Å². The first kappa shape index (κ1) is 20.7. The van der Waals surface area contributed by atoms with Crippen molar-refractivity contribution in [3.63, 3.8) is 0 Å². The fourth-order valence-electron chi connectivity index (χ4n) is 4.09. The Morgan fingerprint density at radius 3 is 2.63 bits per heavy atom. The summed E-state index contributed by atoms with van der Waals surface area (Å²) in [5.74, 6) is 1.01. The fraction of sp³-hybridized carbons (Fsp3) is 0.944. The molecule has 3 unspecified atom stereocenters. The molecule has 0 aliphatic carbocycles. The van der Waals surface area contributed by atoms with Gasteiger partial charge >= 0.3 is 6.18 Å². The van der Waals surface area contributed by atoms with E-state index < -0.39 is 12.7 Å². The number of likely N-dealkylation sites (tertiary alicyclic amines) is 1. The van der Waals surface area contributed by atoms with Crippen LogP contribution in [0.2, 0.25) is 0 Å². The van der Waals surface area contributed by atoms with Crippen molar-refractivity contribution in [1.29, 1.82) is 0 Å². The lowest BCUT2D eigenvalue weighted by atomic mass is 10.1. The Kier molecular flexibility index (Phi) is 7.22. The van der Waals surface area contributed by atoms with Crippen molar-refractivity contribution in [2.75, 3.05) is 59.0 Å². The third-order valence-electron chi connectivity index (χ3n) is 5.38. The average Bonchev–Trinajstić information content (AvgIpc) is 3.29. The molecule has 0 aromatic carbocycles. The fourth-order valence-corrected chi connectivity index (χ4v) is 4.09. The number of aliphatic imine (C=N–C) groups is 1. The minimum Gasteiger partial charge on any atom is -0.375 e. The Morgan fingerprint density at radius 2 is 1.93 bits per heavy atom. The first-order chi connectivity index (χ1) is 12.9. The van der Waals surface area contributed by atoms with Gasteiger partial charge in [0, 0.05) is 39.3 Å². The summed E-state index contributed by atoms with van der Waals surface area (Å²) in [5, 5.41) is 3.32. The van der Waals surface area contributed by atoms with Gasteiger partial charge < -0.3 is 19.7 Å². The van der Waals surface area contributed by atoms with Crippen molar-refractivity contribution in [1.82, 2.24) is 15.1 Å². The van der Waals surface area contributed by atoms with E-state index >= 15 is 0 Å². The maximum Gasteiger partial charge on any atom is 0.401 e. The monoisotopic (exact) mass is 392 g/mol. The summed E-state index contributed by atoms with van der Waals surface area (Å²) in [6.45, 7) is 6.41. The molecule has 3 aliphatic heterocycles. The summed E-state index contributed by atoms with van der Waals surface area (Å²) >= 11 is 0. The molecule has 0 aromatic rings. The molecule has 3 rings (SSSR count). The highest BCUT2D eigenvalue weighted by Gasteiger charge is 2.35. The lowest BCUT2D eigenvalue weighted by Crippen LogP contribution is -2.53. The molecule has 3 saturated heterocycles. The highest BCUT2D eigenvalue weighted by molar-refractivity contribution is 5.80. The maximum absolute atomic E-state index is 12.5. The number of hydrogen-bond donors (Lipinski definition) is 1. The van der Waals surface area contributed by atoms with Crippen LogP contribution in [0, 0.1) is 5.92 Å². The first-order valence-electron chi connectivity index (χ1n) is 10.00. The standard InChI is InChI=1S/C18H31F3N4O2/c1-2-22-17(23-10-14-5-6-24(11-14)13-18(19,20)21)25-7-9-27-16(12-25)15-4-3-8-26-15/h14-16H,2-13H2,1H3,(H,22,23). The zero-order chi connectivity index (χ0) is 19.3. The number of ether oxygens (including phenoxy) is 2. The SMILES string of the molecule is CCNC(=NCC1CCN(CC(F)(F)F)C1)N1CCOC(C2CCCO2)C1. The van der Waals surface area contributed by atoms with Crippen molar-refractivity contribution in [2.24, 2.45) is 10.9 Å². The van der Waals surface area contributed by atoms with Gasteiger partial charge in [0.2, 0.25) is 0 Å². The van der Waals surface area contributed by atoms with Crippen LogP contribution < -0.4 is 5.32 Å². The Balaban J connectivity index is 1.53. The largest absolute Gasteiger partial charge is 0.401 e. The highest BCUT2D eigenvalue weighted by Crippen LogP contribution is 2.24. The Bertz CT molecular complexity index is 497. The van der Waals surface area contributed by atoms with Gasteiger partial charge in [0.25, 0.3) is 0 Å². The second-order valence-electron chi connectivity index (χ2n) is 7.61. The van der Waals surface area contributed by atoms with Crippen molar-refractivity contribution in [3.8, 4) is 0 Å². The minimum absolute atomic E-state index is 0.0545. The molecule has 3 fully saturated rings. The molecule has 27 heavy (non-hydrogen) atoms. The van der Waals surface area contributed by atoms with E-state index in [1.807, 2.05) is 6.92 Å². The Labute approximate surface area is 159 Å². The maximum atomic E-state index is 12.5. The number of nitrogens with one attached hydrogen (secondary N) is 1. The molecule has 9 heteroatoms. The van der Waals surface area contributed by atoms with E-state index in [1.165, 1.54) is 4.90 Å². The number of hydrogen-bond acceptors (Lipinski definition) is 4. The number of guanidine groups is 1. The van der Waals surface area contributed by atoms with Crippen LogP contribution in [0.3, 0.4) is 0 Å². The molecule has 0 saturated carbocycles. The predicted octanol–water partition coefficient (Wildman–Crippen LogP) is 1.72. The van der Waals surface area contributed by atoms with Crippen LogP contribution >= 0.6 is 0 Å². The third kappa shape index (κ3) is 6.22. The molecule has 0 spiro atoms. The van der Waals surface area contributed by atoms with E-state index in [1.54, 1.807) is 0 Å². The van der Waals surface area contributed by atoms with Crippen molar-refractivity contribution < 1.29 is 22.6 Å². The number of morpholine rings is 1. The van der Waals surface area contributed by atoms with Crippen LogP contribution in [-0.4, -0.2) is 93.2 Å². The minimum atomic E-state index is -4.13. The van der Waals surface area contributed by atoms with Gasteiger partial charge in [-0.05, 0) is 38.6 Å². The van der Waals surface area contributed by atoms with Crippen LogP contribution in [0.4, 0.5) is 13.2 Å². The summed E-state index contributed by atoms with van der Waals surface area (Å²) in [6, 6.07) is 0. The van der Waals surface area contributed by atoms with Gasteiger partial charge in [0.15, 0.2) is 5.96 Å². The molecule has 0 radical (unpaired) electrons. The topological polar surface area (TPSA) is 49.3 Å².